The molecule has 0 spiro atoms. The molecule has 1 heterocycles. The second kappa shape index (κ2) is 4.91. The molecule has 0 amide bonds. The zero-order chi connectivity index (χ0) is 14.3. The van der Waals surface area contributed by atoms with E-state index in [1.54, 1.807) is 18.4 Å². The van der Waals surface area contributed by atoms with Crippen molar-refractivity contribution in [2.24, 2.45) is 0 Å². The van der Waals surface area contributed by atoms with Gasteiger partial charge in [-0.25, -0.2) is 0 Å². The summed E-state index contributed by atoms with van der Waals surface area (Å²) in [6.45, 7) is 4.02. The average molecular weight is 329 g/mol. The van der Waals surface area contributed by atoms with Crippen LogP contribution in [0.3, 0.4) is 0 Å². The molecule has 0 unspecified atom stereocenters. The highest BCUT2D eigenvalue weighted by Crippen LogP contribution is 2.25. The summed E-state index contributed by atoms with van der Waals surface area (Å²) in [7, 11) is 0. The first kappa shape index (κ1) is 13.1. The molecule has 0 aliphatic carbocycles. The van der Waals surface area contributed by atoms with Gasteiger partial charge in [-0.15, -0.1) is 0 Å². The third-order valence-electron chi connectivity index (χ3n) is 3.42. The highest BCUT2D eigenvalue weighted by atomic mass is 79.9. The largest absolute Gasteiger partial charge is 0.463 e. The van der Waals surface area contributed by atoms with Gasteiger partial charge in [-0.05, 0) is 43.2 Å². The molecule has 3 heteroatoms. The van der Waals surface area contributed by atoms with Crippen LogP contribution in [-0.4, -0.2) is 0 Å². The van der Waals surface area contributed by atoms with Crippen LogP contribution in [0.5, 0.6) is 0 Å². The predicted molar refractivity (Wildman–Crippen MR) is 85.1 cm³/mol. The van der Waals surface area contributed by atoms with Gasteiger partial charge in [0.05, 0.1) is 10.9 Å². The van der Waals surface area contributed by atoms with Crippen LogP contribution in [0.25, 0.3) is 22.1 Å². The van der Waals surface area contributed by atoms with E-state index in [0.717, 1.165) is 21.2 Å². The fourth-order valence-corrected chi connectivity index (χ4v) is 2.68. The first-order valence-electron chi connectivity index (χ1n) is 6.35. The lowest BCUT2D eigenvalue weighted by Crippen LogP contribution is -2.05. The van der Waals surface area contributed by atoms with Crippen molar-refractivity contribution in [2.45, 2.75) is 13.8 Å². The van der Waals surface area contributed by atoms with Gasteiger partial charge in [0.15, 0.2) is 0 Å². The molecule has 3 rings (SSSR count). The molecule has 3 aromatic rings. The molecule has 0 saturated heterocycles. The van der Waals surface area contributed by atoms with E-state index in [2.05, 4.69) is 15.9 Å². The van der Waals surface area contributed by atoms with Crippen LogP contribution in [0, 0.1) is 13.8 Å². The summed E-state index contributed by atoms with van der Waals surface area (Å²) in [4.78, 5) is 12.7. The van der Waals surface area contributed by atoms with Gasteiger partial charge in [-0.3, -0.25) is 4.79 Å². The van der Waals surface area contributed by atoms with Crippen molar-refractivity contribution >= 4 is 26.9 Å². The Hall–Kier alpha value is -1.87. The number of hydrogen-bond acceptors (Lipinski definition) is 2. The minimum absolute atomic E-state index is 0.00116. The van der Waals surface area contributed by atoms with Crippen molar-refractivity contribution in [3.8, 4) is 11.1 Å². The van der Waals surface area contributed by atoms with Gasteiger partial charge in [-0.2, -0.15) is 0 Å². The van der Waals surface area contributed by atoms with Crippen molar-refractivity contribution in [2.75, 3.05) is 0 Å². The van der Waals surface area contributed by atoms with Crippen LogP contribution < -0.4 is 5.43 Å². The number of benzene rings is 2. The average Bonchev–Trinajstić information content (AvgIpc) is 2.43. The van der Waals surface area contributed by atoms with Crippen molar-refractivity contribution < 1.29 is 4.42 Å². The highest BCUT2D eigenvalue weighted by molar-refractivity contribution is 9.10. The van der Waals surface area contributed by atoms with Crippen LogP contribution in [0.1, 0.15) is 11.1 Å². The fraction of sp³-hybridized carbons (Fsp3) is 0.118. The lowest BCUT2D eigenvalue weighted by atomic mass is 9.99. The first-order valence-corrected chi connectivity index (χ1v) is 7.14. The minimum atomic E-state index is 0.00116. The summed E-state index contributed by atoms with van der Waals surface area (Å²) in [6.07, 6.45) is 1.56. The number of aryl methyl sites for hydroxylation is 2. The Balaban J connectivity index is 2.35. The van der Waals surface area contributed by atoms with Crippen LogP contribution in [0.15, 0.2) is 56.3 Å². The van der Waals surface area contributed by atoms with E-state index < -0.39 is 0 Å². The lowest BCUT2D eigenvalue weighted by molar-refractivity contribution is 0.604. The Kier molecular flexibility index (Phi) is 3.22. The molecule has 0 radical (unpaired) electrons. The quantitative estimate of drug-likeness (QED) is 0.639. The van der Waals surface area contributed by atoms with Gasteiger partial charge < -0.3 is 4.42 Å². The van der Waals surface area contributed by atoms with Gasteiger partial charge in [0.25, 0.3) is 0 Å². The van der Waals surface area contributed by atoms with Crippen LogP contribution in [0.4, 0.5) is 0 Å². The maximum atomic E-state index is 12.7. The fourth-order valence-electron chi connectivity index (χ4n) is 2.32. The van der Waals surface area contributed by atoms with Crippen molar-refractivity contribution in [1.29, 1.82) is 0 Å². The van der Waals surface area contributed by atoms with Crippen molar-refractivity contribution in [1.82, 2.24) is 0 Å². The summed E-state index contributed by atoms with van der Waals surface area (Å²) in [5.74, 6) is 0. The van der Waals surface area contributed by atoms with E-state index in [-0.39, 0.29) is 5.43 Å². The normalized spacial score (nSPS) is 10.9. The second-order valence-electron chi connectivity index (χ2n) is 4.94. The van der Waals surface area contributed by atoms with E-state index in [4.69, 9.17) is 4.42 Å². The molecule has 0 aliphatic heterocycles. The molecule has 0 bridgehead atoms. The molecular formula is C17H13BrO2. The highest BCUT2D eigenvalue weighted by Gasteiger charge is 2.11. The molecule has 0 atom stereocenters. The summed E-state index contributed by atoms with van der Waals surface area (Å²) in [5, 5.41) is 0.595. The van der Waals surface area contributed by atoms with E-state index in [9.17, 15) is 4.79 Å². The summed E-state index contributed by atoms with van der Waals surface area (Å²) in [6, 6.07) is 11.5. The Morgan fingerprint density at radius 3 is 2.60 bits per heavy atom. The van der Waals surface area contributed by atoms with E-state index in [1.807, 2.05) is 38.1 Å². The first-order chi connectivity index (χ1) is 9.56. The van der Waals surface area contributed by atoms with E-state index in [0.29, 0.717) is 16.5 Å². The summed E-state index contributed by atoms with van der Waals surface area (Å²) < 4.78 is 6.48. The minimum Gasteiger partial charge on any atom is -0.463 e. The Labute approximate surface area is 125 Å². The van der Waals surface area contributed by atoms with E-state index in [1.165, 1.54) is 0 Å². The maximum absolute atomic E-state index is 12.7. The number of fused-ring (bicyclic) bond motifs is 1. The topological polar surface area (TPSA) is 30.2 Å². The molecule has 2 aromatic carbocycles. The predicted octanol–water partition coefficient (Wildman–Crippen LogP) is 4.84. The number of hydrogen-bond donors (Lipinski definition) is 0. The third kappa shape index (κ3) is 2.18. The van der Waals surface area contributed by atoms with Gasteiger partial charge in [0.1, 0.15) is 11.8 Å². The molecule has 20 heavy (non-hydrogen) atoms. The Bertz CT molecular complexity index is 862. The maximum Gasteiger partial charge on any atom is 0.200 e. The van der Waals surface area contributed by atoms with Crippen molar-refractivity contribution in [3.63, 3.8) is 0 Å². The van der Waals surface area contributed by atoms with E-state index >= 15 is 0 Å². The number of rotatable bonds is 1. The Morgan fingerprint density at radius 2 is 1.80 bits per heavy atom. The van der Waals surface area contributed by atoms with Crippen LogP contribution >= 0.6 is 15.9 Å². The zero-order valence-corrected chi connectivity index (χ0v) is 12.8. The smallest absolute Gasteiger partial charge is 0.200 e. The number of halogens is 1. The molecule has 0 N–H and O–H groups in total. The Morgan fingerprint density at radius 1 is 1.00 bits per heavy atom. The van der Waals surface area contributed by atoms with Crippen molar-refractivity contribution in [3.05, 3.63) is 68.5 Å². The van der Waals surface area contributed by atoms with Gasteiger partial charge in [0.2, 0.25) is 5.43 Å². The monoisotopic (exact) mass is 328 g/mol. The van der Waals surface area contributed by atoms with Crippen LogP contribution in [-0.2, 0) is 0 Å². The summed E-state index contributed by atoms with van der Waals surface area (Å²) >= 11 is 3.39. The molecule has 100 valence electrons. The van der Waals surface area contributed by atoms with Gasteiger partial charge >= 0.3 is 0 Å². The van der Waals surface area contributed by atoms with Gasteiger partial charge in [-0.1, -0.05) is 39.7 Å². The zero-order valence-electron chi connectivity index (χ0n) is 11.2. The molecule has 1 aromatic heterocycles. The standard InChI is InChI=1S/C17H13BrO2/c1-10-3-4-11(2)13(7-10)15-9-20-16-6-5-12(18)8-14(16)17(15)19/h3-9H,1-2H3. The molecule has 0 aliphatic rings. The second-order valence-corrected chi connectivity index (χ2v) is 5.85. The van der Waals surface area contributed by atoms with Gasteiger partial charge in [0, 0.05) is 4.47 Å². The summed E-state index contributed by atoms with van der Waals surface area (Å²) in [5.41, 5.74) is 4.34. The lowest BCUT2D eigenvalue weighted by Gasteiger charge is -2.07. The SMILES string of the molecule is Cc1ccc(C)c(-c2coc3ccc(Br)cc3c2=O)c1. The third-order valence-corrected chi connectivity index (χ3v) is 3.91. The molecule has 2 nitrogen and oxygen atoms in total. The van der Waals surface area contributed by atoms with Crippen LogP contribution in [0.2, 0.25) is 0 Å². The molecule has 0 fully saturated rings. The molecule has 0 saturated carbocycles. The molecular weight excluding hydrogens is 316 g/mol.